The quantitative estimate of drug-likeness (QED) is 0.501. The van der Waals surface area contributed by atoms with Gasteiger partial charge < -0.3 is 9.73 Å². The van der Waals surface area contributed by atoms with E-state index in [-0.39, 0.29) is 15.1 Å². The zero-order valence-electron chi connectivity index (χ0n) is 12.5. The van der Waals surface area contributed by atoms with Gasteiger partial charge in [-0.2, -0.15) is 4.37 Å². The van der Waals surface area contributed by atoms with Gasteiger partial charge in [0.2, 0.25) is 0 Å². The fourth-order valence-electron chi connectivity index (χ4n) is 2.31. The van der Waals surface area contributed by atoms with E-state index in [0.29, 0.717) is 17.1 Å². The molecule has 0 saturated carbocycles. The highest BCUT2D eigenvalue weighted by Crippen LogP contribution is 2.30. The second-order valence-electron chi connectivity index (χ2n) is 5.15. The maximum Gasteiger partial charge on any atom is 0.277 e. The summed E-state index contributed by atoms with van der Waals surface area (Å²) in [5, 5.41) is 3.84. The Hall–Kier alpha value is -2.41. The molecule has 0 saturated heterocycles. The van der Waals surface area contributed by atoms with Crippen LogP contribution in [0.2, 0.25) is 9.36 Å². The Balaban J connectivity index is 1.55. The molecule has 8 heteroatoms. The van der Waals surface area contributed by atoms with E-state index in [9.17, 15) is 4.79 Å². The van der Waals surface area contributed by atoms with Gasteiger partial charge in [0.1, 0.15) is 20.6 Å². The third-order valence-corrected chi connectivity index (χ3v) is 5.12. The number of carbonyl (C=O) groups excluding carboxylic acids is 1. The Morgan fingerprint density at radius 3 is 2.68 bits per heavy atom. The molecule has 0 radical (unpaired) electrons. The van der Waals surface area contributed by atoms with Crippen molar-refractivity contribution in [2.45, 2.75) is 0 Å². The lowest BCUT2D eigenvalue weighted by Gasteiger charge is -2.04. The third-order valence-electron chi connectivity index (χ3n) is 3.51. The Bertz CT molecular complexity index is 1040. The summed E-state index contributed by atoms with van der Waals surface area (Å²) >= 11 is 12.7. The first-order valence-electron chi connectivity index (χ1n) is 7.19. The van der Waals surface area contributed by atoms with Gasteiger partial charge in [0.05, 0.1) is 11.9 Å². The zero-order valence-corrected chi connectivity index (χ0v) is 14.8. The molecule has 0 bridgehead atoms. The van der Waals surface area contributed by atoms with E-state index >= 15 is 0 Å². The van der Waals surface area contributed by atoms with E-state index in [4.69, 9.17) is 27.6 Å². The maximum absolute atomic E-state index is 12.2. The van der Waals surface area contributed by atoms with Crippen LogP contribution >= 0.6 is 34.7 Å². The number of hydrogen-bond donors (Lipinski definition) is 1. The number of hydrogen-bond acceptors (Lipinski definition) is 5. The lowest BCUT2D eigenvalue weighted by molar-refractivity contribution is 0.102. The number of pyridine rings is 1. The molecule has 1 aromatic carbocycles. The summed E-state index contributed by atoms with van der Waals surface area (Å²) in [6, 6.07) is 13.2. The number of nitrogens with zero attached hydrogens (tertiary/aromatic N) is 2. The molecule has 0 aliphatic heterocycles. The van der Waals surface area contributed by atoms with Crippen molar-refractivity contribution >= 4 is 57.3 Å². The lowest BCUT2D eigenvalue weighted by atomic mass is 10.2. The zero-order chi connectivity index (χ0) is 17.4. The summed E-state index contributed by atoms with van der Waals surface area (Å²) < 4.78 is 9.99. The van der Waals surface area contributed by atoms with Gasteiger partial charge in [-0.05, 0) is 35.8 Å². The van der Waals surface area contributed by atoms with Gasteiger partial charge >= 0.3 is 0 Å². The van der Waals surface area contributed by atoms with Crippen LogP contribution in [0.3, 0.4) is 0 Å². The average molecular weight is 390 g/mol. The van der Waals surface area contributed by atoms with Crippen molar-refractivity contribution in [1.29, 1.82) is 0 Å². The van der Waals surface area contributed by atoms with E-state index in [0.717, 1.165) is 22.5 Å². The minimum Gasteiger partial charge on any atom is -0.454 e. The van der Waals surface area contributed by atoms with E-state index in [2.05, 4.69) is 14.7 Å². The molecular weight excluding hydrogens is 381 g/mol. The first-order valence-corrected chi connectivity index (χ1v) is 8.72. The SMILES string of the molecule is O=C(Nc1ccc(-c2cc3ccccc3o2)nc1)c1nsc(Cl)c1Cl. The fourth-order valence-corrected chi connectivity index (χ4v) is 3.31. The molecule has 0 spiro atoms. The molecule has 4 aromatic rings. The van der Waals surface area contributed by atoms with Gasteiger partial charge in [-0.1, -0.05) is 41.4 Å². The van der Waals surface area contributed by atoms with Gasteiger partial charge in [-0.25, -0.2) is 0 Å². The van der Waals surface area contributed by atoms with Crippen LogP contribution in [0, 0.1) is 0 Å². The second-order valence-corrected chi connectivity index (χ2v) is 6.91. The molecule has 3 heterocycles. The van der Waals surface area contributed by atoms with Crippen LogP contribution in [0.25, 0.3) is 22.4 Å². The molecule has 0 atom stereocenters. The lowest BCUT2D eigenvalue weighted by Crippen LogP contribution is -2.12. The van der Waals surface area contributed by atoms with Crippen LogP contribution in [0.1, 0.15) is 10.5 Å². The van der Waals surface area contributed by atoms with Gasteiger partial charge in [-0.3, -0.25) is 9.78 Å². The van der Waals surface area contributed by atoms with Crippen molar-refractivity contribution in [3.63, 3.8) is 0 Å². The number of nitrogens with one attached hydrogen (secondary N) is 1. The third kappa shape index (κ3) is 3.11. The highest BCUT2D eigenvalue weighted by molar-refractivity contribution is 7.11. The topological polar surface area (TPSA) is 68.0 Å². The van der Waals surface area contributed by atoms with Gasteiger partial charge in [0, 0.05) is 5.39 Å². The van der Waals surface area contributed by atoms with Crippen LogP contribution in [-0.4, -0.2) is 15.3 Å². The van der Waals surface area contributed by atoms with Crippen LogP contribution in [-0.2, 0) is 0 Å². The summed E-state index contributed by atoms with van der Waals surface area (Å²) in [4.78, 5) is 16.5. The summed E-state index contributed by atoms with van der Waals surface area (Å²) in [6.45, 7) is 0. The minimum absolute atomic E-state index is 0.0954. The number of furan rings is 1. The fraction of sp³-hybridized carbons (Fsp3) is 0. The van der Waals surface area contributed by atoms with Crippen LogP contribution in [0.5, 0.6) is 0 Å². The number of benzene rings is 1. The number of rotatable bonds is 3. The molecule has 5 nitrogen and oxygen atoms in total. The van der Waals surface area contributed by atoms with Crippen LogP contribution < -0.4 is 5.32 Å². The number of fused-ring (bicyclic) bond motifs is 1. The Morgan fingerprint density at radius 1 is 1.16 bits per heavy atom. The summed E-state index contributed by atoms with van der Waals surface area (Å²) in [5.41, 5.74) is 2.08. The predicted molar refractivity (Wildman–Crippen MR) is 99.5 cm³/mol. The number of aromatic nitrogens is 2. The van der Waals surface area contributed by atoms with E-state index in [1.165, 1.54) is 0 Å². The summed E-state index contributed by atoms with van der Waals surface area (Å²) in [6.07, 6.45) is 1.54. The minimum atomic E-state index is -0.438. The first-order chi connectivity index (χ1) is 12.1. The smallest absolute Gasteiger partial charge is 0.277 e. The molecule has 1 amide bonds. The molecule has 0 fully saturated rings. The highest BCUT2D eigenvalue weighted by Gasteiger charge is 2.18. The summed E-state index contributed by atoms with van der Waals surface area (Å²) in [5.74, 6) is 0.222. The molecule has 0 aliphatic rings. The normalized spacial score (nSPS) is 11.0. The average Bonchev–Trinajstić information content (AvgIpc) is 3.19. The van der Waals surface area contributed by atoms with Crippen LogP contribution in [0.15, 0.2) is 53.1 Å². The number of halogens is 2. The van der Waals surface area contributed by atoms with Crippen LogP contribution in [0.4, 0.5) is 5.69 Å². The standard InChI is InChI=1S/C17H9Cl2N3O2S/c18-14-15(22-25-16(14)19)17(23)21-10-5-6-11(20-8-10)13-7-9-3-1-2-4-12(9)24-13/h1-8H,(H,21,23). The van der Waals surface area contributed by atoms with E-state index in [1.807, 2.05) is 30.3 Å². The highest BCUT2D eigenvalue weighted by atomic mass is 35.5. The number of para-hydroxylation sites is 1. The number of amides is 1. The molecule has 4 rings (SSSR count). The molecule has 124 valence electrons. The molecule has 0 unspecified atom stereocenters. The Morgan fingerprint density at radius 2 is 2.00 bits per heavy atom. The maximum atomic E-state index is 12.2. The molecular formula is C17H9Cl2N3O2S. The molecule has 0 aliphatic carbocycles. The molecule has 25 heavy (non-hydrogen) atoms. The van der Waals surface area contributed by atoms with E-state index < -0.39 is 5.91 Å². The Labute approximate surface area is 156 Å². The monoisotopic (exact) mass is 389 g/mol. The predicted octanol–water partition coefficient (Wildman–Crippen LogP) is 5.51. The first kappa shape index (κ1) is 16.1. The van der Waals surface area contributed by atoms with Crippen molar-refractivity contribution in [3.8, 4) is 11.5 Å². The van der Waals surface area contributed by atoms with Crippen molar-refractivity contribution in [1.82, 2.24) is 9.36 Å². The number of anilines is 1. The molecule has 3 aromatic heterocycles. The molecule has 1 N–H and O–H groups in total. The van der Waals surface area contributed by atoms with Crippen molar-refractivity contribution in [2.24, 2.45) is 0 Å². The van der Waals surface area contributed by atoms with Crippen molar-refractivity contribution < 1.29 is 9.21 Å². The van der Waals surface area contributed by atoms with Crippen molar-refractivity contribution in [2.75, 3.05) is 5.32 Å². The van der Waals surface area contributed by atoms with E-state index in [1.54, 1.807) is 18.3 Å². The van der Waals surface area contributed by atoms with Crippen molar-refractivity contribution in [3.05, 3.63) is 63.7 Å². The Kier molecular flexibility index (Phi) is 4.17. The van der Waals surface area contributed by atoms with Gasteiger partial charge in [0.25, 0.3) is 5.91 Å². The second kappa shape index (κ2) is 6.48. The van der Waals surface area contributed by atoms with Gasteiger partial charge in [0.15, 0.2) is 11.5 Å². The number of carbonyl (C=O) groups is 1. The van der Waals surface area contributed by atoms with Gasteiger partial charge in [-0.15, -0.1) is 0 Å². The largest absolute Gasteiger partial charge is 0.454 e. The summed E-state index contributed by atoms with van der Waals surface area (Å²) in [7, 11) is 0.